The molecule has 0 unspecified atom stereocenters. The summed E-state index contributed by atoms with van der Waals surface area (Å²) in [6, 6.07) is 10.2. The second kappa shape index (κ2) is 6.99. The lowest BCUT2D eigenvalue weighted by molar-refractivity contribution is -0.0328. The van der Waals surface area contributed by atoms with Crippen molar-refractivity contribution >= 4 is 44.6 Å². The smallest absolute Gasteiger partial charge is 0.376 e. The number of hydrogen-bond donors (Lipinski definition) is 2. The van der Waals surface area contributed by atoms with Crippen LogP contribution in [0.25, 0.3) is 0 Å². The van der Waals surface area contributed by atoms with Gasteiger partial charge in [-0.1, -0.05) is 0 Å². The molecule has 0 fully saturated rings. The fraction of sp³-hybridized carbons (Fsp3) is 0.0714. The molecule has 2 rings (SSSR count). The lowest BCUT2D eigenvalue weighted by Gasteiger charge is -2.09. The van der Waals surface area contributed by atoms with E-state index in [0.717, 1.165) is 24.3 Å². The topological polar surface area (TPSA) is 72.2 Å². The molecule has 0 bridgehead atoms. The highest BCUT2D eigenvalue weighted by Crippen LogP contribution is 2.37. The molecule has 0 saturated heterocycles. The first-order valence-corrected chi connectivity index (χ1v) is 9.06. The summed E-state index contributed by atoms with van der Waals surface area (Å²) in [4.78, 5) is -0.172. The normalized spacial score (nSPS) is 12.0. The number of alkyl halides is 3. The van der Waals surface area contributed by atoms with Crippen LogP contribution in [0.15, 0.2) is 63.2 Å². The van der Waals surface area contributed by atoms with Gasteiger partial charge in [-0.15, -0.1) is 0 Å². The number of thioether (sulfide) groups is 1. The zero-order valence-corrected chi connectivity index (χ0v) is 14.3. The lowest BCUT2D eigenvalue weighted by atomic mass is 10.3. The predicted molar refractivity (Wildman–Crippen MR) is 90.7 cm³/mol. The Bertz CT molecular complexity index is 833. The van der Waals surface area contributed by atoms with Crippen LogP contribution in [0.4, 0.5) is 18.9 Å². The molecule has 0 heterocycles. The van der Waals surface area contributed by atoms with Crippen LogP contribution in [0.1, 0.15) is 0 Å². The molecule has 4 nitrogen and oxygen atoms in total. The number of nitrogens with one attached hydrogen (secondary N) is 1. The summed E-state index contributed by atoms with van der Waals surface area (Å²) in [6.07, 6.45) is 0. The minimum atomic E-state index is -4.42. The van der Waals surface area contributed by atoms with E-state index in [9.17, 15) is 21.6 Å². The molecule has 0 aliphatic carbocycles. The summed E-state index contributed by atoms with van der Waals surface area (Å²) in [5.74, 6) is 0. The third kappa shape index (κ3) is 4.86. The number of halogens is 3. The summed E-state index contributed by atoms with van der Waals surface area (Å²) < 4.78 is 61.8. The van der Waals surface area contributed by atoms with Gasteiger partial charge in [-0.3, -0.25) is 0 Å². The molecule has 0 amide bonds. The van der Waals surface area contributed by atoms with Crippen molar-refractivity contribution in [3.8, 4) is 0 Å². The quantitative estimate of drug-likeness (QED) is 0.609. The van der Waals surface area contributed by atoms with Gasteiger partial charge in [0.2, 0.25) is 9.84 Å². The van der Waals surface area contributed by atoms with E-state index in [-0.39, 0.29) is 31.6 Å². The zero-order chi connectivity index (χ0) is 18.0. The fourth-order valence-electron chi connectivity index (χ4n) is 1.82. The van der Waals surface area contributed by atoms with Crippen LogP contribution in [0, 0.1) is 0 Å². The minimum Gasteiger partial charge on any atom is -0.376 e. The first kappa shape index (κ1) is 18.6. The molecule has 0 atom stereocenters. The van der Waals surface area contributed by atoms with Gasteiger partial charge in [0, 0.05) is 10.6 Å². The van der Waals surface area contributed by atoms with E-state index in [1.165, 1.54) is 24.3 Å². The highest BCUT2D eigenvalue weighted by Gasteiger charge is 2.29. The van der Waals surface area contributed by atoms with Gasteiger partial charge < -0.3 is 11.1 Å². The summed E-state index contributed by atoms with van der Waals surface area (Å²) in [5, 5.41) is 2.70. The third-order valence-electron chi connectivity index (χ3n) is 2.80. The van der Waals surface area contributed by atoms with E-state index in [0.29, 0.717) is 5.69 Å². The van der Waals surface area contributed by atoms with Crippen LogP contribution in [0.5, 0.6) is 0 Å². The summed E-state index contributed by atoms with van der Waals surface area (Å²) in [7, 11) is -3.83. The molecule has 0 aromatic heterocycles. The number of anilines is 1. The van der Waals surface area contributed by atoms with E-state index in [1.54, 1.807) is 0 Å². The number of thiocarbonyl (C=S) groups is 1. The Kier molecular flexibility index (Phi) is 5.41. The Morgan fingerprint density at radius 3 is 1.88 bits per heavy atom. The molecular formula is C14H11F3N2O2S3. The van der Waals surface area contributed by atoms with Crippen LogP contribution in [-0.4, -0.2) is 19.0 Å². The highest BCUT2D eigenvalue weighted by molar-refractivity contribution is 8.00. The van der Waals surface area contributed by atoms with Crippen molar-refractivity contribution in [2.75, 3.05) is 5.32 Å². The van der Waals surface area contributed by atoms with Crippen LogP contribution in [0.2, 0.25) is 0 Å². The Labute approximate surface area is 146 Å². The van der Waals surface area contributed by atoms with Crippen molar-refractivity contribution in [2.24, 2.45) is 5.73 Å². The van der Waals surface area contributed by atoms with Crippen molar-refractivity contribution in [2.45, 2.75) is 20.2 Å². The molecule has 0 saturated carbocycles. The Morgan fingerprint density at radius 1 is 1.00 bits per heavy atom. The van der Waals surface area contributed by atoms with Gasteiger partial charge in [0.05, 0.1) is 9.79 Å². The Hall–Kier alpha value is -1.78. The maximum Gasteiger partial charge on any atom is 0.446 e. The van der Waals surface area contributed by atoms with Gasteiger partial charge in [0.15, 0.2) is 5.11 Å². The molecule has 0 spiro atoms. The van der Waals surface area contributed by atoms with Gasteiger partial charge in [-0.25, -0.2) is 8.42 Å². The monoisotopic (exact) mass is 392 g/mol. The molecule has 2 aromatic carbocycles. The summed E-state index contributed by atoms with van der Waals surface area (Å²) in [5.41, 5.74) is 1.42. The molecule has 0 aliphatic heterocycles. The highest BCUT2D eigenvalue weighted by atomic mass is 32.2. The second-order valence-electron chi connectivity index (χ2n) is 4.54. The van der Waals surface area contributed by atoms with Crippen molar-refractivity contribution in [3.63, 3.8) is 0 Å². The van der Waals surface area contributed by atoms with Crippen molar-refractivity contribution in [1.29, 1.82) is 0 Å². The molecular weight excluding hydrogens is 381 g/mol. The molecule has 3 N–H and O–H groups in total. The maximum atomic E-state index is 12.5. The van der Waals surface area contributed by atoms with Crippen molar-refractivity contribution < 1.29 is 21.6 Å². The third-order valence-corrected chi connectivity index (χ3v) is 5.43. The van der Waals surface area contributed by atoms with E-state index < -0.39 is 15.3 Å². The first-order valence-electron chi connectivity index (χ1n) is 6.35. The van der Waals surface area contributed by atoms with Gasteiger partial charge in [-0.05, 0) is 72.5 Å². The maximum absolute atomic E-state index is 12.5. The first-order chi connectivity index (χ1) is 11.1. The van der Waals surface area contributed by atoms with Crippen LogP contribution >= 0.6 is 24.0 Å². The molecule has 10 heteroatoms. The van der Waals surface area contributed by atoms with Crippen LogP contribution in [-0.2, 0) is 9.84 Å². The number of hydrogen-bond acceptors (Lipinski definition) is 4. The molecule has 2 aromatic rings. The predicted octanol–water partition coefficient (Wildman–Crippen LogP) is 3.79. The number of rotatable bonds is 4. The number of nitrogens with two attached hydrogens (primary N) is 1. The van der Waals surface area contributed by atoms with Gasteiger partial charge in [-0.2, -0.15) is 13.2 Å². The standard InChI is InChI=1S/C14H11F3N2O2S3/c15-14(16,17)23-10-3-7-12(8-4-10)24(20,21)11-5-1-9(2-6-11)19-13(18)22/h1-8H,(H3,18,19,22). The summed E-state index contributed by atoms with van der Waals surface area (Å²) >= 11 is 4.37. The van der Waals surface area contributed by atoms with Crippen molar-refractivity contribution in [3.05, 3.63) is 48.5 Å². The SMILES string of the molecule is NC(=S)Nc1ccc(S(=O)(=O)c2ccc(SC(F)(F)F)cc2)cc1. The lowest BCUT2D eigenvalue weighted by Crippen LogP contribution is -2.18. The summed E-state index contributed by atoms with van der Waals surface area (Å²) in [6.45, 7) is 0. The average molecular weight is 392 g/mol. The van der Waals surface area contributed by atoms with Crippen molar-refractivity contribution in [1.82, 2.24) is 0 Å². The molecule has 0 radical (unpaired) electrons. The van der Waals surface area contributed by atoms with Crippen LogP contribution in [0.3, 0.4) is 0 Å². The Balaban J connectivity index is 2.25. The molecule has 0 aliphatic rings. The van der Waals surface area contributed by atoms with Gasteiger partial charge in [0.1, 0.15) is 0 Å². The fourth-order valence-corrected chi connectivity index (χ4v) is 3.73. The van der Waals surface area contributed by atoms with E-state index >= 15 is 0 Å². The number of sulfone groups is 1. The van der Waals surface area contributed by atoms with Gasteiger partial charge in [0.25, 0.3) is 0 Å². The molecule has 24 heavy (non-hydrogen) atoms. The van der Waals surface area contributed by atoms with E-state index in [2.05, 4.69) is 17.5 Å². The second-order valence-corrected chi connectivity index (χ2v) is 8.06. The zero-order valence-electron chi connectivity index (χ0n) is 11.9. The average Bonchev–Trinajstić information content (AvgIpc) is 2.46. The van der Waals surface area contributed by atoms with Crippen LogP contribution < -0.4 is 11.1 Å². The number of benzene rings is 2. The Morgan fingerprint density at radius 2 is 1.46 bits per heavy atom. The molecule has 128 valence electrons. The van der Waals surface area contributed by atoms with Gasteiger partial charge >= 0.3 is 5.51 Å². The van der Waals surface area contributed by atoms with E-state index in [1.807, 2.05) is 0 Å². The minimum absolute atomic E-state index is 0.00668. The van der Waals surface area contributed by atoms with E-state index in [4.69, 9.17) is 5.73 Å². The largest absolute Gasteiger partial charge is 0.446 e.